The molecule has 0 spiro atoms. The minimum atomic E-state index is 0.197. The monoisotopic (exact) mass is 245 g/mol. The second-order valence-corrected chi connectivity index (χ2v) is 4.66. The van der Waals surface area contributed by atoms with Gasteiger partial charge in [0.1, 0.15) is 11.6 Å². The molecule has 0 atom stereocenters. The van der Waals surface area contributed by atoms with Crippen molar-refractivity contribution in [3.05, 3.63) is 29.6 Å². The van der Waals surface area contributed by atoms with Crippen molar-refractivity contribution in [3.8, 4) is 0 Å². The topological polar surface area (TPSA) is 60.9 Å². The molecule has 0 fully saturated rings. The third kappa shape index (κ3) is 2.59. The Labute approximate surface area is 107 Å². The molecule has 0 saturated heterocycles. The number of fused-ring (bicyclic) bond motifs is 1. The van der Waals surface area contributed by atoms with Crippen molar-refractivity contribution in [2.24, 2.45) is 5.73 Å². The molecular weight excluding hydrogens is 226 g/mol. The first-order valence-corrected chi connectivity index (χ1v) is 6.27. The molecule has 1 heterocycles. The van der Waals surface area contributed by atoms with Gasteiger partial charge in [-0.25, -0.2) is 4.98 Å². The van der Waals surface area contributed by atoms with E-state index in [1.165, 1.54) is 5.56 Å². The smallest absolute Gasteiger partial charge is 0.131 e. The SMILES string of the molecule is CC(=O)CCn1c(CCN)nc2cc(C)ccc21. The van der Waals surface area contributed by atoms with E-state index in [-0.39, 0.29) is 5.78 Å². The summed E-state index contributed by atoms with van der Waals surface area (Å²) in [5.41, 5.74) is 8.89. The molecule has 18 heavy (non-hydrogen) atoms. The Morgan fingerprint density at radius 3 is 2.89 bits per heavy atom. The van der Waals surface area contributed by atoms with E-state index in [0.29, 0.717) is 19.5 Å². The van der Waals surface area contributed by atoms with Gasteiger partial charge in [0.15, 0.2) is 0 Å². The number of Topliss-reactive ketones (excluding diaryl/α,β-unsaturated/α-hetero) is 1. The zero-order valence-electron chi connectivity index (χ0n) is 10.9. The van der Waals surface area contributed by atoms with Crippen molar-refractivity contribution >= 4 is 16.8 Å². The van der Waals surface area contributed by atoms with Crippen LogP contribution in [0.5, 0.6) is 0 Å². The van der Waals surface area contributed by atoms with Crippen LogP contribution >= 0.6 is 0 Å². The lowest BCUT2D eigenvalue weighted by atomic mass is 10.2. The maximum Gasteiger partial charge on any atom is 0.131 e. The van der Waals surface area contributed by atoms with E-state index in [1.807, 2.05) is 0 Å². The van der Waals surface area contributed by atoms with Gasteiger partial charge in [0.05, 0.1) is 11.0 Å². The molecule has 0 saturated carbocycles. The summed E-state index contributed by atoms with van der Waals surface area (Å²) in [5, 5.41) is 0. The molecule has 1 aromatic heterocycles. The first-order chi connectivity index (χ1) is 8.61. The van der Waals surface area contributed by atoms with Gasteiger partial charge in [0.2, 0.25) is 0 Å². The van der Waals surface area contributed by atoms with Crippen molar-refractivity contribution in [1.82, 2.24) is 9.55 Å². The Kier molecular flexibility index (Phi) is 3.77. The predicted octanol–water partition coefficient (Wildman–Crippen LogP) is 1.83. The van der Waals surface area contributed by atoms with Gasteiger partial charge in [-0.15, -0.1) is 0 Å². The Morgan fingerprint density at radius 2 is 2.22 bits per heavy atom. The first-order valence-electron chi connectivity index (χ1n) is 6.27. The zero-order valence-corrected chi connectivity index (χ0v) is 10.9. The molecule has 96 valence electrons. The van der Waals surface area contributed by atoms with Crippen molar-refractivity contribution in [3.63, 3.8) is 0 Å². The fourth-order valence-corrected chi connectivity index (χ4v) is 2.13. The van der Waals surface area contributed by atoms with Crippen LogP contribution in [0.25, 0.3) is 11.0 Å². The number of nitrogens with two attached hydrogens (primary N) is 1. The summed E-state index contributed by atoms with van der Waals surface area (Å²) in [4.78, 5) is 15.8. The fourth-order valence-electron chi connectivity index (χ4n) is 2.13. The first kappa shape index (κ1) is 12.8. The third-order valence-electron chi connectivity index (χ3n) is 3.04. The Morgan fingerprint density at radius 1 is 1.44 bits per heavy atom. The highest BCUT2D eigenvalue weighted by atomic mass is 16.1. The second kappa shape index (κ2) is 5.31. The third-order valence-corrected chi connectivity index (χ3v) is 3.04. The minimum absolute atomic E-state index is 0.197. The van der Waals surface area contributed by atoms with Crippen LogP contribution in [0.4, 0.5) is 0 Å². The quantitative estimate of drug-likeness (QED) is 0.874. The number of nitrogens with zero attached hydrogens (tertiary/aromatic N) is 2. The van der Waals surface area contributed by atoms with Gasteiger partial charge in [-0.1, -0.05) is 6.07 Å². The zero-order chi connectivity index (χ0) is 13.1. The lowest BCUT2D eigenvalue weighted by Gasteiger charge is -2.07. The highest BCUT2D eigenvalue weighted by molar-refractivity contribution is 5.78. The minimum Gasteiger partial charge on any atom is -0.330 e. The number of hydrogen-bond donors (Lipinski definition) is 1. The molecule has 4 heteroatoms. The molecule has 0 aliphatic heterocycles. The van der Waals surface area contributed by atoms with Crippen LogP contribution in [-0.4, -0.2) is 21.9 Å². The summed E-state index contributed by atoms with van der Waals surface area (Å²) in [6.07, 6.45) is 1.28. The molecule has 0 bridgehead atoms. The van der Waals surface area contributed by atoms with Crippen LogP contribution in [-0.2, 0) is 17.8 Å². The lowest BCUT2D eigenvalue weighted by Crippen LogP contribution is -2.11. The molecule has 0 unspecified atom stereocenters. The molecule has 0 aliphatic carbocycles. The highest BCUT2D eigenvalue weighted by Gasteiger charge is 2.10. The van der Waals surface area contributed by atoms with E-state index in [0.717, 1.165) is 23.3 Å². The van der Waals surface area contributed by atoms with E-state index in [2.05, 4.69) is 34.7 Å². The number of imidazole rings is 1. The molecule has 0 aliphatic rings. The van der Waals surface area contributed by atoms with E-state index in [9.17, 15) is 4.79 Å². The number of rotatable bonds is 5. The standard InChI is InChI=1S/C14H19N3O/c1-10-3-4-13-12(9-10)16-14(5-7-15)17(13)8-6-11(2)18/h3-4,9H,5-8,15H2,1-2H3. The van der Waals surface area contributed by atoms with Crippen LogP contribution in [0.2, 0.25) is 0 Å². The molecular formula is C14H19N3O. The van der Waals surface area contributed by atoms with Gasteiger partial charge in [0, 0.05) is 19.4 Å². The van der Waals surface area contributed by atoms with Crippen molar-refractivity contribution in [1.29, 1.82) is 0 Å². The average Bonchev–Trinajstić information content (AvgIpc) is 2.63. The molecule has 0 radical (unpaired) electrons. The molecule has 0 amide bonds. The summed E-state index contributed by atoms with van der Waals surface area (Å²) in [6, 6.07) is 6.21. The maximum atomic E-state index is 11.1. The van der Waals surface area contributed by atoms with Crippen LogP contribution in [0.15, 0.2) is 18.2 Å². The number of aryl methyl sites for hydroxylation is 2. The van der Waals surface area contributed by atoms with E-state index < -0.39 is 0 Å². The summed E-state index contributed by atoms with van der Waals surface area (Å²) < 4.78 is 2.11. The number of hydrogen-bond acceptors (Lipinski definition) is 3. The summed E-state index contributed by atoms with van der Waals surface area (Å²) in [5.74, 6) is 1.17. The fraction of sp³-hybridized carbons (Fsp3) is 0.429. The number of carbonyl (C=O) groups excluding carboxylic acids is 1. The summed E-state index contributed by atoms with van der Waals surface area (Å²) in [6.45, 7) is 4.93. The van der Waals surface area contributed by atoms with Crippen molar-refractivity contribution < 1.29 is 4.79 Å². The summed E-state index contributed by atoms with van der Waals surface area (Å²) in [7, 11) is 0. The van der Waals surface area contributed by atoms with Gasteiger partial charge in [-0.05, 0) is 38.1 Å². The maximum absolute atomic E-state index is 11.1. The lowest BCUT2D eigenvalue weighted by molar-refractivity contribution is -0.117. The van der Waals surface area contributed by atoms with Gasteiger partial charge in [0.25, 0.3) is 0 Å². The van der Waals surface area contributed by atoms with Gasteiger partial charge in [-0.2, -0.15) is 0 Å². The van der Waals surface area contributed by atoms with E-state index in [1.54, 1.807) is 6.92 Å². The Bertz CT molecular complexity index is 572. The molecule has 1 aromatic carbocycles. The van der Waals surface area contributed by atoms with E-state index in [4.69, 9.17) is 5.73 Å². The average molecular weight is 245 g/mol. The van der Waals surface area contributed by atoms with E-state index >= 15 is 0 Å². The van der Waals surface area contributed by atoms with Gasteiger partial charge >= 0.3 is 0 Å². The second-order valence-electron chi connectivity index (χ2n) is 4.66. The van der Waals surface area contributed by atoms with Crippen LogP contribution in [0.1, 0.15) is 24.7 Å². The number of benzene rings is 1. The van der Waals surface area contributed by atoms with Crippen LogP contribution in [0.3, 0.4) is 0 Å². The highest BCUT2D eigenvalue weighted by Crippen LogP contribution is 2.18. The van der Waals surface area contributed by atoms with Gasteiger partial charge < -0.3 is 10.3 Å². The molecule has 4 nitrogen and oxygen atoms in total. The number of aromatic nitrogens is 2. The molecule has 2 N–H and O–H groups in total. The Hall–Kier alpha value is -1.68. The van der Waals surface area contributed by atoms with Crippen molar-refractivity contribution in [2.75, 3.05) is 6.54 Å². The number of carbonyl (C=O) groups is 1. The normalized spacial score (nSPS) is 11.1. The van der Waals surface area contributed by atoms with Crippen LogP contribution < -0.4 is 5.73 Å². The Balaban J connectivity index is 2.44. The van der Waals surface area contributed by atoms with Crippen molar-refractivity contribution in [2.45, 2.75) is 33.2 Å². The summed E-state index contributed by atoms with van der Waals surface area (Å²) >= 11 is 0. The predicted molar refractivity (Wildman–Crippen MR) is 72.5 cm³/mol. The molecule has 2 aromatic rings. The van der Waals surface area contributed by atoms with Gasteiger partial charge in [-0.3, -0.25) is 4.79 Å². The largest absolute Gasteiger partial charge is 0.330 e. The molecule has 2 rings (SSSR count). The van der Waals surface area contributed by atoms with Crippen LogP contribution in [0, 0.1) is 6.92 Å². The number of ketones is 1.